The van der Waals surface area contributed by atoms with Gasteiger partial charge in [-0.15, -0.1) is 0 Å². The molecule has 1 atom stereocenters. The normalized spacial score (nSPS) is 18.8. The van der Waals surface area contributed by atoms with E-state index in [9.17, 15) is 9.59 Å². The Balaban J connectivity index is 1.38. The standard InChI is InChI=1S/C15H18N2O6/c18-14(19)10-3-5-17(8-10)15(20)16-4-6-21-11-1-2-12-13(7-11)23-9-22-12/h1-2,7,10H,3-6,8-9H2,(H,16,20)(H,18,19). The Morgan fingerprint density at radius 3 is 2.96 bits per heavy atom. The number of fused-ring (bicyclic) bond motifs is 1. The average molecular weight is 322 g/mol. The van der Waals surface area contributed by atoms with Gasteiger partial charge in [-0.1, -0.05) is 0 Å². The maximum atomic E-state index is 11.9. The van der Waals surface area contributed by atoms with E-state index >= 15 is 0 Å². The van der Waals surface area contributed by atoms with Crippen molar-refractivity contribution in [1.29, 1.82) is 0 Å². The fraction of sp³-hybridized carbons (Fsp3) is 0.467. The van der Waals surface area contributed by atoms with Gasteiger partial charge in [0, 0.05) is 19.2 Å². The summed E-state index contributed by atoms with van der Waals surface area (Å²) in [6, 6.07) is 5.02. The Labute approximate surface area is 132 Å². The molecule has 3 rings (SSSR count). The molecule has 0 bridgehead atoms. The first-order valence-corrected chi connectivity index (χ1v) is 7.41. The van der Waals surface area contributed by atoms with Gasteiger partial charge in [0.25, 0.3) is 0 Å². The third-order valence-electron chi connectivity index (χ3n) is 3.82. The summed E-state index contributed by atoms with van der Waals surface area (Å²) in [5.41, 5.74) is 0. The maximum Gasteiger partial charge on any atom is 0.317 e. The van der Waals surface area contributed by atoms with Crippen LogP contribution in [0.3, 0.4) is 0 Å². The minimum absolute atomic E-state index is 0.210. The highest BCUT2D eigenvalue weighted by Gasteiger charge is 2.30. The van der Waals surface area contributed by atoms with E-state index in [1.807, 2.05) is 0 Å². The first kappa shape index (κ1) is 15.3. The van der Waals surface area contributed by atoms with Crippen molar-refractivity contribution in [2.45, 2.75) is 6.42 Å². The van der Waals surface area contributed by atoms with Crippen LogP contribution in [0, 0.1) is 5.92 Å². The van der Waals surface area contributed by atoms with Crippen LogP contribution in [0.4, 0.5) is 4.79 Å². The Kier molecular flexibility index (Phi) is 4.40. The molecule has 2 N–H and O–H groups in total. The molecule has 1 aromatic carbocycles. The van der Waals surface area contributed by atoms with Crippen LogP contribution >= 0.6 is 0 Å². The van der Waals surface area contributed by atoms with Crippen molar-refractivity contribution in [1.82, 2.24) is 10.2 Å². The molecular formula is C15H18N2O6. The number of nitrogens with one attached hydrogen (secondary N) is 1. The molecular weight excluding hydrogens is 304 g/mol. The van der Waals surface area contributed by atoms with Crippen LogP contribution in [-0.4, -0.2) is 55.0 Å². The van der Waals surface area contributed by atoms with Crippen LogP contribution in [-0.2, 0) is 4.79 Å². The van der Waals surface area contributed by atoms with Crippen LogP contribution in [0.5, 0.6) is 17.2 Å². The lowest BCUT2D eigenvalue weighted by atomic mass is 10.1. The third-order valence-corrected chi connectivity index (χ3v) is 3.82. The highest BCUT2D eigenvalue weighted by molar-refractivity contribution is 5.77. The zero-order valence-electron chi connectivity index (χ0n) is 12.5. The third kappa shape index (κ3) is 3.58. The monoisotopic (exact) mass is 322 g/mol. The molecule has 1 aromatic rings. The van der Waals surface area contributed by atoms with E-state index in [0.717, 1.165) is 0 Å². The van der Waals surface area contributed by atoms with E-state index in [4.69, 9.17) is 19.3 Å². The zero-order valence-corrected chi connectivity index (χ0v) is 12.5. The molecule has 23 heavy (non-hydrogen) atoms. The van der Waals surface area contributed by atoms with Gasteiger partial charge in [-0.3, -0.25) is 4.79 Å². The molecule has 0 saturated carbocycles. The molecule has 0 aliphatic carbocycles. The summed E-state index contributed by atoms with van der Waals surface area (Å²) in [5, 5.41) is 11.6. The minimum atomic E-state index is -0.855. The fourth-order valence-electron chi connectivity index (χ4n) is 2.55. The van der Waals surface area contributed by atoms with Gasteiger partial charge < -0.3 is 29.5 Å². The van der Waals surface area contributed by atoms with Gasteiger partial charge in [0.2, 0.25) is 6.79 Å². The summed E-state index contributed by atoms with van der Waals surface area (Å²) in [5.74, 6) is 0.642. The van der Waals surface area contributed by atoms with E-state index in [1.165, 1.54) is 4.90 Å². The molecule has 0 radical (unpaired) electrons. The molecule has 2 amide bonds. The van der Waals surface area contributed by atoms with Gasteiger partial charge in [0.1, 0.15) is 12.4 Å². The highest BCUT2D eigenvalue weighted by Crippen LogP contribution is 2.34. The number of carboxylic acid groups (broad SMARTS) is 1. The van der Waals surface area contributed by atoms with Gasteiger partial charge in [-0.05, 0) is 18.6 Å². The summed E-state index contributed by atoms with van der Waals surface area (Å²) < 4.78 is 16.0. The smallest absolute Gasteiger partial charge is 0.317 e. The molecule has 0 spiro atoms. The number of hydrogen-bond donors (Lipinski definition) is 2. The Morgan fingerprint density at radius 1 is 1.35 bits per heavy atom. The van der Waals surface area contributed by atoms with Crippen molar-refractivity contribution in [3.8, 4) is 17.2 Å². The molecule has 2 heterocycles. The number of rotatable bonds is 5. The fourth-order valence-corrected chi connectivity index (χ4v) is 2.55. The quantitative estimate of drug-likeness (QED) is 0.782. The van der Waals surface area contributed by atoms with Crippen molar-refractivity contribution in [3.63, 3.8) is 0 Å². The van der Waals surface area contributed by atoms with Crippen LogP contribution in [0.2, 0.25) is 0 Å². The predicted octanol–water partition coefficient (Wildman–Crippen LogP) is 0.910. The molecule has 8 nitrogen and oxygen atoms in total. The molecule has 1 unspecified atom stereocenters. The topological polar surface area (TPSA) is 97.3 Å². The van der Waals surface area contributed by atoms with Gasteiger partial charge in [0.05, 0.1) is 12.5 Å². The zero-order chi connectivity index (χ0) is 16.2. The molecule has 0 aromatic heterocycles. The summed E-state index contributed by atoms with van der Waals surface area (Å²) >= 11 is 0. The van der Waals surface area contributed by atoms with E-state index in [-0.39, 0.29) is 19.4 Å². The van der Waals surface area contributed by atoms with Crippen LogP contribution in [0.1, 0.15) is 6.42 Å². The Morgan fingerprint density at radius 2 is 2.17 bits per heavy atom. The van der Waals surface area contributed by atoms with E-state index in [2.05, 4.69) is 5.32 Å². The number of carboxylic acids is 1. The number of nitrogens with zero attached hydrogens (tertiary/aromatic N) is 1. The lowest BCUT2D eigenvalue weighted by Gasteiger charge is -2.16. The number of hydrogen-bond acceptors (Lipinski definition) is 5. The number of carbonyl (C=O) groups excluding carboxylic acids is 1. The second-order valence-electron chi connectivity index (χ2n) is 5.37. The summed E-state index contributed by atoms with van der Waals surface area (Å²) in [6.07, 6.45) is 0.496. The van der Waals surface area contributed by atoms with E-state index < -0.39 is 11.9 Å². The number of benzene rings is 1. The molecule has 1 fully saturated rings. The lowest BCUT2D eigenvalue weighted by molar-refractivity contribution is -0.141. The Hall–Kier alpha value is -2.64. The van der Waals surface area contributed by atoms with Gasteiger partial charge in [0.15, 0.2) is 11.5 Å². The lowest BCUT2D eigenvalue weighted by Crippen LogP contribution is -2.40. The largest absolute Gasteiger partial charge is 0.492 e. The van der Waals surface area contributed by atoms with Crippen molar-refractivity contribution in [2.24, 2.45) is 5.92 Å². The summed E-state index contributed by atoms with van der Waals surface area (Å²) in [4.78, 5) is 24.3. The number of ether oxygens (including phenoxy) is 3. The van der Waals surface area contributed by atoms with Gasteiger partial charge in [-0.25, -0.2) is 4.79 Å². The molecule has 124 valence electrons. The first-order chi connectivity index (χ1) is 11.1. The average Bonchev–Trinajstić information content (AvgIpc) is 3.19. The number of aliphatic carboxylic acids is 1. The maximum absolute atomic E-state index is 11.9. The van der Waals surface area contributed by atoms with Crippen LogP contribution in [0.15, 0.2) is 18.2 Å². The Bertz CT molecular complexity index is 606. The number of amides is 2. The minimum Gasteiger partial charge on any atom is -0.492 e. The molecule has 8 heteroatoms. The van der Waals surface area contributed by atoms with Crippen LogP contribution < -0.4 is 19.5 Å². The molecule has 2 aliphatic heterocycles. The predicted molar refractivity (Wildman–Crippen MR) is 78.8 cm³/mol. The van der Waals surface area contributed by atoms with Crippen molar-refractivity contribution < 1.29 is 28.9 Å². The SMILES string of the molecule is O=C(O)C1CCN(C(=O)NCCOc2ccc3c(c2)OCO3)C1. The highest BCUT2D eigenvalue weighted by atomic mass is 16.7. The van der Waals surface area contributed by atoms with Gasteiger partial charge in [-0.2, -0.15) is 0 Å². The number of urea groups is 1. The van der Waals surface area contributed by atoms with Gasteiger partial charge >= 0.3 is 12.0 Å². The van der Waals surface area contributed by atoms with Crippen molar-refractivity contribution in [3.05, 3.63) is 18.2 Å². The molecule has 1 saturated heterocycles. The molecule has 2 aliphatic rings. The van der Waals surface area contributed by atoms with E-state index in [0.29, 0.717) is 43.4 Å². The second kappa shape index (κ2) is 6.64. The van der Waals surface area contributed by atoms with Crippen molar-refractivity contribution in [2.75, 3.05) is 33.0 Å². The van der Waals surface area contributed by atoms with Crippen molar-refractivity contribution >= 4 is 12.0 Å². The summed E-state index contributed by atoms with van der Waals surface area (Å²) in [6.45, 7) is 1.57. The first-order valence-electron chi connectivity index (χ1n) is 7.41. The van der Waals surface area contributed by atoms with Crippen LogP contribution in [0.25, 0.3) is 0 Å². The number of carbonyl (C=O) groups is 2. The summed E-state index contributed by atoms with van der Waals surface area (Å²) in [7, 11) is 0. The number of likely N-dealkylation sites (tertiary alicyclic amines) is 1. The van der Waals surface area contributed by atoms with E-state index in [1.54, 1.807) is 18.2 Å². The second-order valence-corrected chi connectivity index (χ2v) is 5.37.